The molecule has 2 heterocycles. The van der Waals surface area contributed by atoms with Crippen LogP contribution in [-0.4, -0.2) is 29.9 Å². The number of hydrogen-bond donors (Lipinski definition) is 0. The highest BCUT2D eigenvalue weighted by molar-refractivity contribution is 5.93. The van der Waals surface area contributed by atoms with Crippen LogP contribution >= 0.6 is 0 Å². The van der Waals surface area contributed by atoms with Gasteiger partial charge in [0.15, 0.2) is 34.9 Å². The Hall–Kier alpha value is -8.73. The number of nitriles is 1. The van der Waals surface area contributed by atoms with Crippen LogP contribution in [0.15, 0.2) is 212 Å². The third-order valence-electron chi connectivity index (χ3n) is 10.6. The van der Waals surface area contributed by atoms with E-state index in [1.807, 2.05) is 170 Å². The van der Waals surface area contributed by atoms with Crippen molar-refractivity contribution >= 4 is 0 Å². The summed E-state index contributed by atoms with van der Waals surface area (Å²) in [6, 6.07) is 73.0. The van der Waals surface area contributed by atoms with Crippen molar-refractivity contribution in [3.05, 3.63) is 218 Å². The first kappa shape index (κ1) is 37.5. The molecule has 7 nitrogen and oxygen atoms in total. The van der Waals surface area contributed by atoms with Crippen molar-refractivity contribution in [3.8, 4) is 108 Å². The van der Waals surface area contributed by atoms with Crippen LogP contribution in [0.25, 0.3) is 102 Å². The Labute approximate surface area is 359 Å². The molecule has 0 radical (unpaired) electrons. The maximum atomic E-state index is 9.80. The van der Waals surface area contributed by atoms with Crippen molar-refractivity contribution in [1.82, 2.24) is 29.9 Å². The summed E-state index contributed by atoms with van der Waals surface area (Å²) in [4.78, 5) is 30.2. The highest BCUT2D eigenvalue weighted by atomic mass is 15.0. The molecule has 2 aromatic heterocycles. The maximum Gasteiger partial charge on any atom is 0.164 e. The van der Waals surface area contributed by atoms with Gasteiger partial charge in [0.1, 0.15) is 0 Å². The van der Waals surface area contributed by atoms with Gasteiger partial charge in [-0.3, -0.25) is 0 Å². The van der Waals surface area contributed by atoms with E-state index in [0.717, 1.165) is 66.8 Å². The molecule has 0 aliphatic heterocycles. The van der Waals surface area contributed by atoms with Crippen molar-refractivity contribution in [2.45, 2.75) is 0 Å². The van der Waals surface area contributed by atoms with Crippen molar-refractivity contribution in [3.63, 3.8) is 0 Å². The zero-order valence-corrected chi connectivity index (χ0v) is 33.3. The Kier molecular flexibility index (Phi) is 10.2. The van der Waals surface area contributed by atoms with Crippen LogP contribution in [0.1, 0.15) is 5.56 Å². The Morgan fingerprint density at radius 2 is 0.613 bits per heavy atom. The summed E-state index contributed by atoms with van der Waals surface area (Å²) in [6.45, 7) is 0. The Balaban J connectivity index is 1.17. The van der Waals surface area contributed by atoms with Gasteiger partial charge in [-0.1, -0.05) is 188 Å². The Bertz CT molecular complexity index is 3120. The van der Waals surface area contributed by atoms with E-state index in [9.17, 15) is 5.26 Å². The van der Waals surface area contributed by atoms with Crippen molar-refractivity contribution in [2.75, 3.05) is 0 Å². The minimum absolute atomic E-state index is 0.561. The van der Waals surface area contributed by atoms with Gasteiger partial charge in [-0.2, -0.15) is 5.26 Å². The molecular weight excluding hydrogens is 759 g/mol. The SMILES string of the molecule is N#Cc1cccc(-c2ccc(-c3ccccc3-c3nc(-c4ccccc4)nc(-c4ccccc4)n3)c(-c3cccc(-c4nc(-c5ccccc5)nc(-c5ccccc5)n4)c3)c2)c1. The molecule has 10 rings (SSSR count). The lowest BCUT2D eigenvalue weighted by atomic mass is 9.88. The Morgan fingerprint density at radius 3 is 1.13 bits per heavy atom. The summed E-state index contributed by atoms with van der Waals surface area (Å²) in [7, 11) is 0. The average molecular weight is 794 g/mol. The first-order valence-corrected chi connectivity index (χ1v) is 20.3. The topological polar surface area (TPSA) is 101 Å². The Morgan fingerprint density at radius 1 is 0.242 bits per heavy atom. The third kappa shape index (κ3) is 7.75. The molecule has 290 valence electrons. The van der Waals surface area contributed by atoms with Crippen LogP contribution in [0.4, 0.5) is 0 Å². The van der Waals surface area contributed by atoms with Gasteiger partial charge in [-0.05, 0) is 57.6 Å². The number of hydrogen-bond acceptors (Lipinski definition) is 7. The predicted molar refractivity (Wildman–Crippen MR) is 247 cm³/mol. The fourth-order valence-electron chi connectivity index (χ4n) is 7.57. The van der Waals surface area contributed by atoms with Gasteiger partial charge in [0.05, 0.1) is 11.6 Å². The standard InChI is InChI=1S/C55H35N7/c56-36-37-17-15-26-42(33-37)43-31-32-47(46-29-13-14-30-48(46)55-61-52(40-22-9-3-10-23-40)58-53(62-55)41-24-11-4-12-25-41)49(35-43)44-27-16-28-45(34-44)54-59-50(38-18-5-1-6-19-38)57-51(60-54)39-20-7-2-8-21-39/h1-35H. The van der Waals surface area contributed by atoms with E-state index in [1.54, 1.807) is 0 Å². The molecule has 0 fully saturated rings. The van der Waals surface area contributed by atoms with Crippen LogP contribution in [-0.2, 0) is 0 Å². The highest BCUT2D eigenvalue weighted by Crippen LogP contribution is 2.41. The molecule has 0 aliphatic carbocycles. The normalized spacial score (nSPS) is 10.9. The second-order valence-electron chi connectivity index (χ2n) is 14.7. The quantitative estimate of drug-likeness (QED) is 0.143. The molecule has 0 unspecified atom stereocenters. The van der Waals surface area contributed by atoms with Gasteiger partial charge in [0, 0.05) is 33.4 Å². The summed E-state index contributed by atoms with van der Waals surface area (Å²) in [6.07, 6.45) is 0. The molecule has 0 spiro atoms. The molecule has 10 aromatic rings. The van der Waals surface area contributed by atoms with E-state index in [4.69, 9.17) is 29.9 Å². The highest BCUT2D eigenvalue weighted by Gasteiger charge is 2.20. The first-order valence-electron chi connectivity index (χ1n) is 20.3. The van der Waals surface area contributed by atoms with Crippen LogP contribution < -0.4 is 0 Å². The molecule has 0 aliphatic rings. The molecule has 8 aromatic carbocycles. The van der Waals surface area contributed by atoms with Gasteiger partial charge in [-0.15, -0.1) is 0 Å². The van der Waals surface area contributed by atoms with E-state index in [-0.39, 0.29) is 0 Å². The van der Waals surface area contributed by atoms with Gasteiger partial charge < -0.3 is 0 Å². The first-order chi connectivity index (χ1) is 30.7. The summed E-state index contributed by atoms with van der Waals surface area (Å²) < 4.78 is 0. The van der Waals surface area contributed by atoms with Crippen LogP contribution in [0, 0.1) is 11.3 Å². The number of nitrogens with zero attached hydrogens (tertiary/aromatic N) is 7. The van der Waals surface area contributed by atoms with Crippen LogP contribution in [0.3, 0.4) is 0 Å². The minimum Gasteiger partial charge on any atom is -0.208 e. The molecule has 0 N–H and O–H groups in total. The minimum atomic E-state index is 0.561. The molecule has 62 heavy (non-hydrogen) atoms. The molecule has 0 saturated heterocycles. The second kappa shape index (κ2) is 16.9. The lowest BCUT2D eigenvalue weighted by molar-refractivity contribution is 1.07. The molecule has 0 amide bonds. The van der Waals surface area contributed by atoms with Crippen molar-refractivity contribution in [1.29, 1.82) is 5.26 Å². The monoisotopic (exact) mass is 793 g/mol. The maximum absolute atomic E-state index is 9.80. The summed E-state index contributed by atoms with van der Waals surface area (Å²) in [5, 5.41) is 9.80. The molecule has 7 heteroatoms. The third-order valence-corrected chi connectivity index (χ3v) is 10.6. The largest absolute Gasteiger partial charge is 0.208 e. The van der Waals surface area contributed by atoms with E-state index in [1.165, 1.54) is 0 Å². The molecule has 0 bridgehead atoms. The summed E-state index contributed by atoms with van der Waals surface area (Å²) in [5.74, 6) is 3.49. The van der Waals surface area contributed by atoms with Gasteiger partial charge in [0.25, 0.3) is 0 Å². The van der Waals surface area contributed by atoms with Crippen molar-refractivity contribution in [2.24, 2.45) is 0 Å². The van der Waals surface area contributed by atoms with Crippen LogP contribution in [0.2, 0.25) is 0 Å². The van der Waals surface area contributed by atoms with Gasteiger partial charge in [0.2, 0.25) is 0 Å². The molecule has 0 atom stereocenters. The smallest absolute Gasteiger partial charge is 0.164 e. The zero-order chi connectivity index (χ0) is 41.7. The fraction of sp³-hybridized carbons (Fsp3) is 0. The predicted octanol–water partition coefficient (Wildman–Crippen LogP) is 12.9. The summed E-state index contributed by atoms with van der Waals surface area (Å²) >= 11 is 0. The van der Waals surface area contributed by atoms with E-state index < -0.39 is 0 Å². The van der Waals surface area contributed by atoms with E-state index in [0.29, 0.717) is 40.5 Å². The fourth-order valence-corrected chi connectivity index (χ4v) is 7.57. The zero-order valence-electron chi connectivity index (χ0n) is 33.3. The van der Waals surface area contributed by atoms with Gasteiger partial charge >= 0.3 is 0 Å². The molecular formula is C55H35N7. The lowest BCUT2D eigenvalue weighted by Gasteiger charge is -2.17. The second-order valence-corrected chi connectivity index (χ2v) is 14.7. The average Bonchev–Trinajstić information content (AvgIpc) is 3.37. The van der Waals surface area contributed by atoms with E-state index in [2.05, 4.69) is 48.5 Å². The lowest BCUT2D eigenvalue weighted by Crippen LogP contribution is -2.01. The number of benzene rings is 8. The van der Waals surface area contributed by atoms with Crippen molar-refractivity contribution < 1.29 is 0 Å². The summed E-state index contributed by atoms with van der Waals surface area (Å²) in [5.41, 5.74) is 11.7. The van der Waals surface area contributed by atoms with Gasteiger partial charge in [-0.25, -0.2) is 29.9 Å². The number of aromatic nitrogens is 6. The van der Waals surface area contributed by atoms with Crippen LogP contribution in [0.5, 0.6) is 0 Å². The number of rotatable bonds is 9. The molecule has 0 saturated carbocycles. The van der Waals surface area contributed by atoms with E-state index >= 15 is 0 Å².